The molecule has 27 heavy (non-hydrogen) atoms. The SMILES string of the molecule is O=C(OCc1c(F)cccc1Cl)c1ccccc1C(=O)c1ccc(Cl)cc1. The number of carbonyl (C=O) groups is 2. The highest BCUT2D eigenvalue weighted by Crippen LogP contribution is 2.22. The largest absolute Gasteiger partial charge is 0.457 e. The summed E-state index contributed by atoms with van der Waals surface area (Å²) in [6.07, 6.45) is 0. The fraction of sp³-hybridized carbons (Fsp3) is 0.0476. The Bertz CT molecular complexity index is 980. The van der Waals surface area contributed by atoms with E-state index in [2.05, 4.69) is 0 Å². The molecule has 0 atom stereocenters. The third-order valence-electron chi connectivity index (χ3n) is 3.91. The molecule has 0 aromatic heterocycles. The van der Waals surface area contributed by atoms with E-state index >= 15 is 0 Å². The van der Waals surface area contributed by atoms with Gasteiger partial charge in [0.2, 0.25) is 0 Å². The third-order valence-corrected chi connectivity index (χ3v) is 4.51. The Balaban J connectivity index is 1.84. The summed E-state index contributed by atoms with van der Waals surface area (Å²) in [6.45, 7) is -0.339. The zero-order valence-corrected chi connectivity index (χ0v) is 15.4. The van der Waals surface area contributed by atoms with Crippen molar-refractivity contribution >= 4 is 35.0 Å². The van der Waals surface area contributed by atoms with E-state index in [1.807, 2.05) is 0 Å². The van der Waals surface area contributed by atoms with Crippen molar-refractivity contribution in [1.29, 1.82) is 0 Å². The van der Waals surface area contributed by atoms with Crippen LogP contribution in [0.1, 0.15) is 31.8 Å². The fourth-order valence-electron chi connectivity index (χ4n) is 2.50. The lowest BCUT2D eigenvalue weighted by atomic mass is 9.98. The van der Waals surface area contributed by atoms with Crippen LogP contribution in [-0.4, -0.2) is 11.8 Å². The van der Waals surface area contributed by atoms with Gasteiger partial charge in [-0.05, 0) is 42.5 Å². The molecule has 0 saturated carbocycles. The molecule has 0 fully saturated rings. The molecule has 6 heteroatoms. The van der Waals surface area contributed by atoms with Gasteiger partial charge in [0.15, 0.2) is 5.78 Å². The summed E-state index contributed by atoms with van der Waals surface area (Å²) in [6, 6.07) is 16.8. The molecule has 0 aliphatic rings. The minimum Gasteiger partial charge on any atom is -0.457 e. The molecule has 3 aromatic rings. The van der Waals surface area contributed by atoms with E-state index in [0.29, 0.717) is 10.6 Å². The molecule has 0 heterocycles. The van der Waals surface area contributed by atoms with E-state index in [0.717, 1.165) is 0 Å². The Morgan fingerprint density at radius 2 is 1.52 bits per heavy atom. The Morgan fingerprint density at radius 1 is 0.852 bits per heavy atom. The standard InChI is InChI=1S/C21H13Cl2FO3/c22-14-10-8-13(9-11-14)20(25)15-4-1-2-5-16(15)21(26)27-12-17-18(23)6-3-7-19(17)24/h1-11H,12H2. The van der Waals surface area contributed by atoms with E-state index in [1.165, 1.54) is 30.3 Å². The van der Waals surface area contributed by atoms with Gasteiger partial charge in [-0.2, -0.15) is 0 Å². The van der Waals surface area contributed by atoms with Gasteiger partial charge in [-0.25, -0.2) is 9.18 Å². The first kappa shape index (κ1) is 19.1. The second-order valence-electron chi connectivity index (χ2n) is 5.66. The molecule has 0 radical (unpaired) electrons. The number of hydrogen-bond acceptors (Lipinski definition) is 3. The van der Waals surface area contributed by atoms with Crippen LogP contribution in [0.25, 0.3) is 0 Å². The number of carbonyl (C=O) groups excluding carboxylic acids is 2. The molecule has 136 valence electrons. The molecule has 0 N–H and O–H groups in total. The molecule has 3 nitrogen and oxygen atoms in total. The minimum atomic E-state index is -0.743. The van der Waals surface area contributed by atoms with Crippen LogP contribution in [0.15, 0.2) is 66.7 Å². The minimum absolute atomic E-state index is 0.0778. The molecule has 0 aliphatic heterocycles. The van der Waals surface area contributed by atoms with Crippen LogP contribution in [0.3, 0.4) is 0 Å². The second-order valence-corrected chi connectivity index (χ2v) is 6.50. The highest BCUT2D eigenvalue weighted by atomic mass is 35.5. The maximum absolute atomic E-state index is 13.8. The van der Waals surface area contributed by atoms with Crippen molar-refractivity contribution in [3.05, 3.63) is 105 Å². The maximum Gasteiger partial charge on any atom is 0.339 e. The fourth-order valence-corrected chi connectivity index (χ4v) is 2.85. The van der Waals surface area contributed by atoms with E-state index < -0.39 is 11.8 Å². The summed E-state index contributed by atoms with van der Waals surface area (Å²) in [4.78, 5) is 25.2. The summed E-state index contributed by atoms with van der Waals surface area (Å²) >= 11 is 11.8. The molecule has 3 rings (SSSR count). The lowest BCUT2D eigenvalue weighted by Gasteiger charge is -2.10. The van der Waals surface area contributed by atoms with Crippen molar-refractivity contribution in [2.24, 2.45) is 0 Å². The zero-order chi connectivity index (χ0) is 19.4. The number of rotatable bonds is 5. The number of halogens is 3. The summed E-state index contributed by atoms with van der Waals surface area (Å²) in [5, 5.41) is 0.661. The average molecular weight is 403 g/mol. The van der Waals surface area contributed by atoms with E-state index in [4.69, 9.17) is 27.9 Å². The van der Waals surface area contributed by atoms with Crippen LogP contribution < -0.4 is 0 Å². The van der Waals surface area contributed by atoms with Crippen molar-refractivity contribution in [3.8, 4) is 0 Å². The molecule has 0 amide bonds. The van der Waals surface area contributed by atoms with Gasteiger partial charge in [-0.1, -0.05) is 47.5 Å². The molecular formula is C21H13Cl2FO3. The second kappa shape index (κ2) is 8.33. The van der Waals surface area contributed by atoms with Gasteiger partial charge in [-0.15, -0.1) is 0 Å². The molecular weight excluding hydrogens is 390 g/mol. The highest BCUT2D eigenvalue weighted by Gasteiger charge is 2.20. The van der Waals surface area contributed by atoms with Crippen LogP contribution in [0, 0.1) is 5.82 Å². The summed E-state index contributed by atoms with van der Waals surface area (Å²) in [5.41, 5.74) is 0.736. The van der Waals surface area contributed by atoms with E-state index in [1.54, 1.807) is 36.4 Å². The van der Waals surface area contributed by atoms with Gasteiger partial charge in [-0.3, -0.25) is 4.79 Å². The smallest absolute Gasteiger partial charge is 0.339 e. The van der Waals surface area contributed by atoms with Gasteiger partial charge in [0.1, 0.15) is 12.4 Å². The normalized spacial score (nSPS) is 10.5. The lowest BCUT2D eigenvalue weighted by Crippen LogP contribution is -2.13. The summed E-state index contributed by atoms with van der Waals surface area (Å²) in [7, 11) is 0. The monoisotopic (exact) mass is 402 g/mol. The predicted molar refractivity (Wildman–Crippen MR) is 102 cm³/mol. The lowest BCUT2D eigenvalue weighted by molar-refractivity contribution is 0.0466. The van der Waals surface area contributed by atoms with E-state index in [-0.39, 0.29) is 34.1 Å². The summed E-state index contributed by atoms with van der Waals surface area (Å²) < 4.78 is 19.0. The van der Waals surface area contributed by atoms with Gasteiger partial charge in [0.25, 0.3) is 0 Å². The van der Waals surface area contributed by atoms with Gasteiger partial charge in [0.05, 0.1) is 10.6 Å². The molecule has 3 aromatic carbocycles. The third kappa shape index (κ3) is 4.35. The number of hydrogen-bond donors (Lipinski definition) is 0. The molecule has 0 saturated heterocycles. The van der Waals surface area contributed by atoms with Crippen LogP contribution in [0.2, 0.25) is 10.0 Å². The van der Waals surface area contributed by atoms with Gasteiger partial charge < -0.3 is 4.74 Å². The highest BCUT2D eigenvalue weighted by molar-refractivity contribution is 6.31. The molecule has 0 bridgehead atoms. The van der Waals surface area contributed by atoms with Crippen LogP contribution in [0.5, 0.6) is 0 Å². The number of benzene rings is 3. The topological polar surface area (TPSA) is 43.4 Å². The number of ether oxygens (including phenoxy) is 1. The zero-order valence-electron chi connectivity index (χ0n) is 13.9. The molecule has 0 spiro atoms. The van der Waals surface area contributed by atoms with Crippen LogP contribution in [-0.2, 0) is 11.3 Å². The predicted octanol–water partition coefficient (Wildman–Crippen LogP) is 5.72. The first-order chi connectivity index (χ1) is 13.0. The molecule has 0 aliphatic carbocycles. The van der Waals surface area contributed by atoms with Gasteiger partial charge >= 0.3 is 5.97 Å². The van der Waals surface area contributed by atoms with Crippen molar-refractivity contribution in [2.75, 3.05) is 0 Å². The maximum atomic E-state index is 13.8. The van der Waals surface area contributed by atoms with Crippen LogP contribution in [0.4, 0.5) is 4.39 Å². The number of ketones is 1. The van der Waals surface area contributed by atoms with Crippen molar-refractivity contribution < 1.29 is 18.7 Å². The quantitative estimate of drug-likeness (QED) is 0.404. The van der Waals surface area contributed by atoms with Gasteiger partial charge in [0, 0.05) is 21.7 Å². The van der Waals surface area contributed by atoms with Crippen molar-refractivity contribution in [3.63, 3.8) is 0 Å². The van der Waals surface area contributed by atoms with Crippen LogP contribution >= 0.6 is 23.2 Å². The first-order valence-corrected chi connectivity index (χ1v) is 8.72. The van der Waals surface area contributed by atoms with Crippen molar-refractivity contribution in [2.45, 2.75) is 6.61 Å². The molecule has 0 unspecified atom stereocenters. The number of esters is 1. The van der Waals surface area contributed by atoms with E-state index in [9.17, 15) is 14.0 Å². The van der Waals surface area contributed by atoms with Crippen molar-refractivity contribution in [1.82, 2.24) is 0 Å². The Morgan fingerprint density at radius 3 is 2.19 bits per heavy atom. The Hall–Kier alpha value is -2.69. The average Bonchev–Trinajstić information content (AvgIpc) is 2.67. The summed E-state index contributed by atoms with van der Waals surface area (Å²) in [5.74, 6) is -1.66. The Kier molecular flexibility index (Phi) is 5.89. The first-order valence-electron chi connectivity index (χ1n) is 7.96. The Labute approximate surface area is 165 Å².